The number of rotatable bonds is 6. The molecular formula is C20H20ClN5O. The molecule has 0 bridgehead atoms. The zero-order valence-corrected chi connectivity index (χ0v) is 15.9. The first-order valence-corrected chi connectivity index (χ1v) is 8.91. The quantitative estimate of drug-likeness (QED) is 0.701. The Labute approximate surface area is 163 Å². The molecule has 0 radical (unpaired) electrons. The van der Waals surface area contributed by atoms with Crippen molar-refractivity contribution in [1.82, 2.24) is 19.9 Å². The van der Waals surface area contributed by atoms with Crippen LogP contribution in [0.3, 0.4) is 0 Å². The van der Waals surface area contributed by atoms with Crippen LogP contribution in [0, 0.1) is 6.92 Å². The molecule has 27 heavy (non-hydrogen) atoms. The van der Waals surface area contributed by atoms with E-state index in [0.29, 0.717) is 23.1 Å². The van der Waals surface area contributed by atoms with Gasteiger partial charge in [0.05, 0.1) is 12.4 Å². The second-order valence-electron chi connectivity index (χ2n) is 6.16. The van der Waals surface area contributed by atoms with Gasteiger partial charge in [0.15, 0.2) is 0 Å². The molecule has 3 rings (SSSR count). The predicted molar refractivity (Wildman–Crippen MR) is 106 cm³/mol. The molecule has 138 valence electrons. The number of hydrogen-bond donors (Lipinski definition) is 1. The van der Waals surface area contributed by atoms with Crippen molar-refractivity contribution in [3.63, 3.8) is 0 Å². The van der Waals surface area contributed by atoms with Gasteiger partial charge in [-0.15, -0.1) is 0 Å². The van der Waals surface area contributed by atoms with E-state index in [4.69, 9.17) is 11.6 Å². The lowest BCUT2D eigenvalue weighted by atomic mass is 10.2. The number of carbonyl (C=O) groups is 1. The van der Waals surface area contributed by atoms with E-state index in [1.165, 1.54) is 6.20 Å². The smallest absolute Gasteiger partial charge is 0.273 e. The van der Waals surface area contributed by atoms with Crippen molar-refractivity contribution in [2.45, 2.75) is 13.3 Å². The SMILES string of the molecule is Cc1c(Cl)cccc1Nc1cnc(C(=O)N(C)CCc2ccncc2)cn1. The number of hydrogen-bond acceptors (Lipinski definition) is 5. The Morgan fingerprint density at radius 2 is 1.93 bits per heavy atom. The van der Waals surface area contributed by atoms with Crippen molar-refractivity contribution in [2.24, 2.45) is 0 Å². The minimum absolute atomic E-state index is 0.165. The fourth-order valence-corrected chi connectivity index (χ4v) is 2.70. The number of pyridine rings is 1. The summed E-state index contributed by atoms with van der Waals surface area (Å²) in [6, 6.07) is 9.49. The fraction of sp³-hybridized carbons (Fsp3) is 0.200. The van der Waals surface area contributed by atoms with Crippen LogP contribution in [0.1, 0.15) is 21.6 Å². The lowest BCUT2D eigenvalue weighted by molar-refractivity contribution is 0.0790. The van der Waals surface area contributed by atoms with E-state index >= 15 is 0 Å². The Balaban J connectivity index is 1.62. The molecule has 6 nitrogen and oxygen atoms in total. The maximum atomic E-state index is 12.5. The van der Waals surface area contributed by atoms with Crippen molar-refractivity contribution < 1.29 is 4.79 Å². The topological polar surface area (TPSA) is 71.0 Å². The normalized spacial score (nSPS) is 10.5. The molecule has 3 aromatic rings. The summed E-state index contributed by atoms with van der Waals surface area (Å²) in [5, 5.41) is 3.84. The summed E-state index contributed by atoms with van der Waals surface area (Å²) in [7, 11) is 1.76. The predicted octanol–water partition coefficient (Wildman–Crippen LogP) is 3.89. The first kappa shape index (κ1) is 18.8. The molecule has 0 atom stereocenters. The maximum Gasteiger partial charge on any atom is 0.273 e. The van der Waals surface area contributed by atoms with Gasteiger partial charge in [-0.3, -0.25) is 9.78 Å². The molecule has 0 fully saturated rings. The number of likely N-dealkylation sites (N-methyl/N-ethyl adjacent to an activating group) is 1. The van der Waals surface area contributed by atoms with Crippen LogP contribution in [0.25, 0.3) is 0 Å². The zero-order chi connectivity index (χ0) is 19.2. The number of carbonyl (C=O) groups excluding carboxylic acids is 1. The third-order valence-corrected chi connectivity index (χ3v) is 4.64. The second-order valence-corrected chi connectivity index (χ2v) is 6.56. The highest BCUT2D eigenvalue weighted by atomic mass is 35.5. The molecule has 0 unspecified atom stereocenters. The molecule has 0 aliphatic heterocycles. The van der Waals surface area contributed by atoms with Crippen LogP contribution in [-0.4, -0.2) is 39.4 Å². The molecule has 0 aliphatic rings. The molecule has 1 amide bonds. The molecule has 0 saturated carbocycles. The van der Waals surface area contributed by atoms with Crippen molar-refractivity contribution in [1.29, 1.82) is 0 Å². The Bertz CT molecular complexity index is 915. The standard InChI is InChI=1S/C20H20ClN5O/c1-14-16(21)4-3-5-17(14)25-19-13-23-18(12-24-19)20(27)26(2)11-8-15-6-9-22-10-7-15/h3-7,9-10,12-13H,8,11H2,1-2H3,(H,24,25). The van der Waals surface area contributed by atoms with Crippen LogP contribution in [-0.2, 0) is 6.42 Å². The van der Waals surface area contributed by atoms with Gasteiger partial charge < -0.3 is 10.2 Å². The van der Waals surface area contributed by atoms with Crippen molar-refractivity contribution in [2.75, 3.05) is 18.9 Å². The van der Waals surface area contributed by atoms with E-state index in [1.807, 2.05) is 37.3 Å². The van der Waals surface area contributed by atoms with Gasteiger partial charge in [-0.05, 0) is 48.7 Å². The van der Waals surface area contributed by atoms with E-state index in [2.05, 4.69) is 20.3 Å². The van der Waals surface area contributed by atoms with E-state index in [0.717, 1.165) is 23.2 Å². The van der Waals surface area contributed by atoms with Gasteiger partial charge in [-0.25, -0.2) is 9.97 Å². The van der Waals surface area contributed by atoms with Gasteiger partial charge in [0.2, 0.25) is 0 Å². The Kier molecular flexibility index (Phi) is 5.98. The lowest BCUT2D eigenvalue weighted by Gasteiger charge is -2.16. The number of halogens is 1. The summed E-state index contributed by atoms with van der Waals surface area (Å²) < 4.78 is 0. The highest BCUT2D eigenvalue weighted by molar-refractivity contribution is 6.31. The number of aromatic nitrogens is 3. The van der Waals surface area contributed by atoms with Gasteiger partial charge in [-0.2, -0.15) is 0 Å². The summed E-state index contributed by atoms with van der Waals surface area (Å²) >= 11 is 6.13. The van der Waals surface area contributed by atoms with Crippen LogP contribution in [0.4, 0.5) is 11.5 Å². The number of anilines is 2. The third kappa shape index (κ3) is 4.80. The Hall–Kier alpha value is -2.99. The average Bonchev–Trinajstić information content (AvgIpc) is 2.70. The van der Waals surface area contributed by atoms with Crippen LogP contribution in [0.5, 0.6) is 0 Å². The summed E-state index contributed by atoms with van der Waals surface area (Å²) in [5.41, 5.74) is 3.22. The minimum Gasteiger partial charge on any atom is -0.340 e. The summed E-state index contributed by atoms with van der Waals surface area (Å²) in [4.78, 5) is 26.7. The van der Waals surface area contributed by atoms with Crippen LogP contribution in [0.15, 0.2) is 55.1 Å². The van der Waals surface area contributed by atoms with E-state index in [1.54, 1.807) is 30.5 Å². The van der Waals surface area contributed by atoms with Gasteiger partial charge in [0.1, 0.15) is 11.5 Å². The molecule has 2 aromatic heterocycles. The van der Waals surface area contributed by atoms with E-state index < -0.39 is 0 Å². The molecule has 0 aliphatic carbocycles. The number of nitrogens with zero attached hydrogens (tertiary/aromatic N) is 4. The molecule has 0 saturated heterocycles. The first-order valence-electron chi connectivity index (χ1n) is 8.53. The van der Waals surface area contributed by atoms with Gasteiger partial charge in [0.25, 0.3) is 5.91 Å². The van der Waals surface area contributed by atoms with Crippen molar-refractivity contribution in [3.05, 3.63) is 77.0 Å². The summed E-state index contributed by atoms with van der Waals surface area (Å²) in [5.74, 6) is 0.387. The molecule has 0 spiro atoms. The van der Waals surface area contributed by atoms with E-state index in [-0.39, 0.29) is 5.91 Å². The maximum absolute atomic E-state index is 12.5. The zero-order valence-electron chi connectivity index (χ0n) is 15.2. The van der Waals surface area contributed by atoms with Gasteiger partial charge >= 0.3 is 0 Å². The monoisotopic (exact) mass is 381 g/mol. The molecule has 7 heteroatoms. The minimum atomic E-state index is -0.165. The third-order valence-electron chi connectivity index (χ3n) is 4.23. The Morgan fingerprint density at radius 3 is 2.63 bits per heavy atom. The first-order chi connectivity index (χ1) is 13.0. The molecule has 1 N–H and O–H groups in total. The number of benzene rings is 1. The highest BCUT2D eigenvalue weighted by Crippen LogP contribution is 2.25. The lowest BCUT2D eigenvalue weighted by Crippen LogP contribution is -2.29. The largest absolute Gasteiger partial charge is 0.340 e. The number of amides is 1. The van der Waals surface area contributed by atoms with Gasteiger partial charge in [0, 0.05) is 36.7 Å². The molecular weight excluding hydrogens is 362 g/mol. The van der Waals surface area contributed by atoms with Crippen LogP contribution < -0.4 is 5.32 Å². The summed E-state index contributed by atoms with van der Waals surface area (Å²) in [6.07, 6.45) is 7.27. The van der Waals surface area contributed by atoms with Gasteiger partial charge in [-0.1, -0.05) is 17.7 Å². The van der Waals surface area contributed by atoms with Crippen molar-refractivity contribution in [3.8, 4) is 0 Å². The average molecular weight is 382 g/mol. The van der Waals surface area contributed by atoms with E-state index in [9.17, 15) is 4.79 Å². The molecule has 2 heterocycles. The Morgan fingerprint density at radius 1 is 1.15 bits per heavy atom. The number of nitrogens with one attached hydrogen (secondary N) is 1. The molecule has 1 aromatic carbocycles. The summed E-state index contributed by atoms with van der Waals surface area (Å²) in [6.45, 7) is 2.51. The fourth-order valence-electron chi connectivity index (χ4n) is 2.53. The van der Waals surface area contributed by atoms with Crippen molar-refractivity contribution >= 4 is 29.0 Å². The second kappa shape index (κ2) is 8.60. The van der Waals surface area contributed by atoms with Crippen LogP contribution in [0.2, 0.25) is 5.02 Å². The van der Waals surface area contributed by atoms with Crippen LogP contribution >= 0.6 is 11.6 Å². The highest BCUT2D eigenvalue weighted by Gasteiger charge is 2.14.